The summed E-state index contributed by atoms with van der Waals surface area (Å²) < 4.78 is 0. The van der Waals surface area contributed by atoms with Crippen molar-refractivity contribution in [1.29, 1.82) is 0 Å². The highest BCUT2D eigenvalue weighted by atomic mass is 15.2. The van der Waals surface area contributed by atoms with Crippen molar-refractivity contribution >= 4 is 0 Å². The molecule has 0 saturated carbocycles. The third-order valence-corrected chi connectivity index (χ3v) is 4.96. The van der Waals surface area contributed by atoms with Crippen molar-refractivity contribution in [2.24, 2.45) is 5.92 Å². The monoisotopic (exact) mass is 272 g/mol. The third-order valence-electron chi connectivity index (χ3n) is 4.96. The zero-order valence-corrected chi connectivity index (χ0v) is 12.8. The van der Waals surface area contributed by atoms with Gasteiger partial charge in [-0.15, -0.1) is 0 Å². The van der Waals surface area contributed by atoms with Gasteiger partial charge in [0.2, 0.25) is 0 Å². The summed E-state index contributed by atoms with van der Waals surface area (Å²) in [5, 5.41) is 3.59. The van der Waals surface area contributed by atoms with Crippen molar-refractivity contribution in [1.82, 2.24) is 10.2 Å². The summed E-state index contributed by atoms with van der Waals surface area (Å²) >= 11 is 0. The average Bonchev–Trinajstić information content (AvgIpc) is 2.96. The molecule has 2 aliphatic rings. The molecule has 1 aliphatic heterocycles. The fraction of sp³-hybridized carbons (Fsp3) is 0.667. The third kappa shape index (κ3) is 3.07. The Balaban J connectivity index is 1.61. The Labute approximate surface area is 123 Å². The maximum Gasteiger partial charge on any atom is 0.0351 e. The lowest BCUT2D eigenvalue weighted by Gasteiger charge is -2.33. The molecule has 1 heterocycles. The molecule has 1 N–H and O–H groups in total. The van der Waals surface area contributed by atoms with E-state index in [1.54, 1.807) is 11.1 Å². The Morgan fingerprint density at radius 1 is 1.25 bits per heavy atom. The summed E-state index contributed by atoms with van der Waals surface area (Å²) in [7, 11) is 0. The first-order valence-electron chi connectivity index (χ1n) is 8.41. The van der Waals surface area contributed by atoms with E-state index in [0.717, 1.165) is 5.92 Å². The second-order valence-electron chi connectivity index (χ2n) is 6.46. The van der Waals surface area contributed by atoms with Crippen LogP contribution in [0.2, 0.25) is 0 Å². The van der Waals surface area contributed by atoms with Crippen molar-refractivity contribution in [2.75, 3.05) is 26.2 Å². The van der Waals surface area contributed by atoms with Crippen LogP contribution in [0.1, 0.15) is 49.8 Å². The highest BCUT2D eigenvalue weighted by molar-refractivity contribution is 5.32. The Kier molecular flexibility index (Phi) is 4.74. The molecule has 20 heavy (non-hydrogen) atoms. The summed E-state index contributed by atoms with van der Waals surface area (Å²) in [6.45, 7) is 7.20. The molecule has 2 unspecified atom stereocenters. The topological polar surface area (TPSA) is 15.3 Å². The van der Waals surface area contributed by atoms with Gasteiger partial charge in [-0.25, -0.2) is 0 Å². The van der Waals surface area contributed by atoms with Crippen LogP contribution in [0.5, 0.6) is 0 Å². The van der Waals surface area contributed by atoms with Gasteiger partial charge in [-0.3, -0.25) is 4.90 Å². The number of rotatable bonds is 5. The number of nitrogens with zero attached hydrogens (tertiary/aromatic N) is 1. The molecule has 0 spiro atoms. The van der Waals surface area contributed by atoms with Gasteiger partial charge in [-0.05, 0) is 68.8 Å². The van der Waals surface area contributed by atoms with Crippen LogP contribution >= 0.6 is 0 Å². The minimum Gasteiger partial charge on any atom is -0.316 e. The Hall–Kier alpha value is -0.860. The van der Waals surface area contributed by atoms with Gasteiger partial charge in [0.15, 0.2) is 0 Å². The van der Waals surface area contributed by atoms with Crippen molar-refractivity contribution in [3.8, 4) is 0 Å². The van der Waals surface area contributed by atoms with Gasteiger partial charge < -0.3 is 5.32 Å². The zero-order chi connectivity index (χ0) is 13.8. The van der Waals surface area contributed by atoms with E-state index in [0.29, 0.717) is 6.04 Å². The molecule has 0 bridgehead atoms. The summed E-state index contributed by atoms with van der Waals surface area (Å²) in [6, 6.07) is 9.80. The van der Waals surface area contributed by atoms with Gasteiger partial charge in [-0.1, -0.05) is 31.2 Å². The van der Waals surface area contributed by atoms with Crippen molar-refractivity contribution < 1.29 is 0 Å². The largest absolute Gasteiger partial charge is 0.316 e. The molecule has 2 atom stereocenters. The van der Waals surface area contributed by atoms with Crippen LogP contribution < -0.4 is 5.32 Å². The molecule has 1 aliphatic carbocycles. The molecule has 2 nitrogen and oxygen atoms in total. The molecule has 3 rings (SSSR count). The van der Waals surface area contributed by atoms with E-state index in [1.807, 2.05) is 0 Å². The molecule has 0 amide bonds. The molecular formula is C18H28N2. The molecule has 2 heteroatoms. The van der Waals surface area contributed by atoms with Crippen LogP contribution in [-0.2, 0) is 6.42 Å². The van der Waals surface area contributed by atoms with E-state index in [9.17, 15) is 0 Å². The van der Waals surface area contributed by atoms with E-state index in [-0.39, 0.29) is 0 Å². The maximum absolute atomic E-state index is 3.59. The first-order chi connectivity index (χ1) is 9.88. The van der Waals surface area contributed by atoms with Crippen LogP contribution in [0.4, 0.5) is 0 Å². The number of aryl methyl sites for hydroxylation is 1. The van der Waals surface area contributed by atoms with E-state index in [2.05, 4.69) is 41.4 Å². The minimum absolute atomic E-state index is 0.691. The number of benzene rings is 1. The number of hydrogen-bond donors (Lipinski definition) is 1. The summed E-state index contributed by atoms with van der Waals surface area (Å²) in [4.78, 5) is 2.75. The SMILES string of the molecule is CCCNCC1CCN(C2CCCc3ccccc32)C1. The van der Waals surface area contributed by atoms with E-state index < -0.39 is 0 Å². The molecule has 0 aromatic heterocycles. The lowest BCUT2D eigenvalue weighted by molar-refractivity contribution is 0.213. The van der Waals surface area contributed by atoms with Crippen LogP contribution in [-0.4, -0.2) is 31.1 Å². The molecule has 110 valence electrons. The quantitative estimate of drug-likeness (QED) is 0.827. The lowest BCUT2D eigenvalue weighted by atomic mass is 9.87. The van der Waals surface area contributed by atoms with Crippen LogP contribution in [0.25, 0.3) is 0 Å². The highest BCUT2D eigenvalue weighted by Crippen LogP contribution is 2.36. The van der Waals surface area contributed by atoms with Crippen molar-refractivity contribution in [3.63, 3.8) is 0 Å². The van der Waals surface area contributed by atoms with E-state index >= 15 is 0 Å². The molecule has 1 fully saturated rings. The van der Waals surface area contributed by atoms with Gasteiger partial charge in [0.05, 0.1) is 0 Å². The van der Waals surface area contributed by atoms with Crippen LogP contribution in [0.15, 0.2) is 24.3 Å². The lowest BCUT2D eigenvalue weighted by Crippen LogP contribution is -2.31. The second kappa shape index (κ2) is 6.73. The fourth-order valence-electron chi connectivity index (χ4n) is 3.90. The first kappa shape index (κ1) is 14.1. The van der Waals surface area contributed by atoms with Gasteiger partial charge >= 0.3 is 0 Å². The highest BCUT2D eigenvalue weighted by Gasteiger charge is 2.31. The smallest absolute Gasteiger partial charge is 0.0351 e. The van der Waals surface area contributed by atoms with Gasteiger partial charge in [0.25, 0.3) is 0 Å². The van der Waals surface area contributed by atoms with Crippen LogP contribution in [0, 0.1) is 5.92 Å². The number of nitrogens with one attached hydrogen (secondary N) is 1. The molecule has 1 aromatic carbocycles. The van der Waals surface area contributed by atoms with Gasteiger partial charge in [-0.2, -0.15) is 0 Å². The van der Waals surface area contributed by atoms with E-state index in [1.165, 1.54) is 58.3 Å². The summed E-state index contributed by atoms with van der Waals surface area (Å²) in [6.07, 6.45) is 6.60. The molecule has 0 radical (unpaired) electrons. The standard InChI is InChI=1S/C18H28N2/c1-2-11-19-13-15-10-12-20(14-15)18-9-5-7-16-6-3-4-8-17(16)18/h3-4,6,8,15,18-19H,2,5,7,9-14H2,1H3. The minimum atomic E-state index is 0.691. The fourth-order valence-corrected chi connectivity index (χ4v) is 3.90. The van der Waals surface area contributed by atoms with Crippen molar-refractivity contribution in [2.45, 2.75) is 45.1 Å². The van der Waals surface area contributed by atoms with Gasteiger partial charge in [0, 0.05) is 12.6 Å². The average molecular weight is 272 g/mol. The summed E-state index contributed by atoms with van der Waals surface area (Å²) in [5.74, 6) is 0.857. The number of fused-ring (bicyclic) bond motifs is 1. The Morgan fingerprint density at radius 2 is 2.15 bits per heavy atom. The normalized spacial score (nSPS) is 26.6. The maximum atomic E-state index is 3.59. The Bertz CT molecular complexity index is 429. The van der Waals surface area contributed by atoms with Gasteiger partial charge in [0.1, 0.15) is 0 Å². The number of likely N-dealkylation sites (tertiary alicyclic amines) is 1. The van der Waals surface area contributed by atoms with Crippen LogP contribution in [0.3, 0.4) is 0 Å². The first-order valence-corrected chi connectivity index (χ1v) is 8.41. The summed E-state index contributed by atoms with van der Waals surface area (Å²) in [5.41, 5.74) is 3.21. The van der Waals surface area contributed by atoms with Crippen molar-refractivity contribution in [3.05, 3.63) is 35.4 Å². The molecule has 1 saturated heterocycles. The predicted octanol–water partition coefficient (Wildman–Crippen LogP) is 3.39. The second-order valence-corrected chi connectivity index (χ2v) is 6.46. The molecular weight excluding hydrogens is 244 g/mol. The van der Waals surface area contributed by atoms with E-state index in [4.69, 9.17) is 0 Å². The number of hydrogen-bond acceptors (Lipinski definition) is 2. The molecule has 1 aromatic rings. The Morgan fingerprint density at radius 3 is 3.05 bits per heavy atom. The predicted molar refractivity (Wildman–Crippen MR) is 85.0 cm³/mol. The zero-order valence-electron chi connectivity index (χ0n) is 12.8.